The molecular weight excluding hydrogens is 261 g/mol. The van der Waals surface area contributed by atoms with Crippen molar-refractivity contribution in [3.63, 3.8) is 0 Å². The fourth-order valence-corrected chi connectivity index (χ4v) is 1.66. The molecule has 2 aromatic rings. The minimum atomic E-state index is -4.41. The molecule has 0 saturated carbocycles. The Balaban J connectivity index is 2.49. The fraction of sp³-hybridized carbons (Fsp3) is 0.273. The summed E-state index contributed by atoms with van der Waals surface area (Å²) in [6.45, 7) is 1.62. The van der Waals surface area contributed by atoms with Crippen molar-refractivity contribution < 1.29 is 13.2 Å². The van der Waals surface area contributed by atoms with Crippen molar-refractivity contribution >= 4 is 0 Å². The Hall–Kier alpha value is -2.09. The van der Waals surface area contributed by atoms with Crippen LogP contribution in [0.25, 0.3) is 5.69 Å². The largest absolute Gasteiger partial charge is 0.416 e. The van der Waals surface area contributed by atoms with E-state index in [9.17, 15) is 18.0 Å². The normalized spacial score (nSPS) is 13.5. The number of alkyl halides is 3. The summed E-state index contributed by atoms with van der Waals surface area (Å²) in [5.41, 5.74) is 4.59. The van der Waals surface area contributed by atoms with Gasteiger partial charge < -0.3 is 5.73 Å². The summed E-state index contributed by atoms with van der Waals surface area (Å²) in [6, 6.07) is 3.68. The highest BCUT2D eigenvalue weighted by Gasteiger charge is 2.30. The van der Waals surface area contributed by atoms with Gasteiger partial charge in [-0.25, -0.2) is 14.5 Å². The molecule has 0 bridgehead atoms. The molecule has 0 saturated heterocycles. The van der Waals surface area contributed by atoms with E-state index in [2.05, 4.69) is 10.2 Å². The zero-order valence-corrected chi connectivity index (χ0v) is 9.90. The highest BCUT2D eigenvalue weighted by Crippen LogP contribution is 2.29. The molecule has 0 spiro atoms. The standard InChI is InChI=1S/C11H11F3N4O/c1-6(15)9-16-17-10(19)18(9)8-4-2-7(3-5-8)11(12,13)14/h2-6H,15H2,1H3,(H,17,19). The van der Waals surface area contributed by atoms with Crippen molar-refractivity contribution in [2.24, 2.45) is 5.73 Å². The summed E-state index contributed by atoms with van der Waals surface area (Å²) in [7, 11) is 0. The number of rotatable bonds is 2. The van der Waals surface area contributed by atoms with E-state index in [-0.39, 0.29) is 11.5 Å². The van der Waals surface area contributed by atoms with E-state index >= 15 is 0 Å². The number of nitrogens with zero attached hydrogens (tertiary/aromatic N) is 2. The number of aromatic nitrogens is 3. The SMILES string of the molecule is CC(N)c1n[nH]c(=O)n1-c1ccc(C(F)(F)F)cc1. The van der Waals surface area contributed by atoms with Crippen LogP contribution in [0.1, 0.15) is 24.4 Å². The number of benzene rings is 1. The van der Waals surface area contributed by atoms with Gasteiger partial charge in [-0.15, -0.1) is 0 Å². The first-order valence-electron chi connectivity index (χ1n) is 5.41. The van der Waals surface area contributed by atoms with E-state index in [4.69, 9.17) is 5.73 Å². The van der Waals surface area contributed by atoms with Gasteiger partial charge in [-0.2, -0.15) is 18.3 Å². The second-order valence-corrected chi connectivity index (χ2v) is 4.06. The van der Waals surface area contributed by atoms with Gasteiger partial charge >= 0.3 is 11.9 Å². The van der Waals surface area contributed by atoms with E-state index in [1.807, 2.05) is 0 Å². The van der Waals surface area contributed by atoms with Gasteiger partial charge in [-0.05, 0) is 31.2 Å². The third-order valence-electron chi connectivity index (χ3n) is 2.56. The van der Waals surface area contributed by atoms with Crippen LogP contribution >= 0.6 is 0 Å². The molecule has 8 heteroatoms. The topological polar surface area (TPSA) is 76.7 Å². The second-order valence-electron chi connectivity index (χ2n) is 4.06. The molecule has 5 nitrogen and oxygen atoms in total. The maximum absolute atomic E-state index is 12.4. The van der Waals surface area contributed by atoms with E-state index in [0.29, 0.717) is 0 Å². The van der Waals surface area contributed by atoms with Crippen molar-refractivity contribution in [3.8, 4) is 5.69 Å². The number of aromatic amines is 1. The van der Waals surface area contributed by atoms with Crippen LogP contribution in [-0.4, -0.2) is 14.8 Å². The van der Waals surface area contributed by atoms with Gasteiger partial charge in [0.25, 0.3) is 0 Å². The third-order valence-corrected chi connectivity index (χ3v) is 2.56. The van der Waals surface area contributed by atoms with Crippen LogP contribution in [0, 0.1) is 0 Å². The molecule has 2 rings (SSSR count). The molecule has 0 aliphatic carbocycles. The first kappa shape index (κ1) is 13.3. The highest BCUT2D eigenvalue weighted by molar-refractivity contribution is 5.36. The van der Waals surface area contributed by atoms with Crippen LogP contribution < -0.4 is 11.4 Å². The molecule has 3 N–H and O–H groups in total. The van der Waals surface area contributed by atoms with Crippen molar-refractivity contribution in [1.29, 1.82) is 0 Å². The zero-order valence-electron chi connectivity index (χ0n) is 9.90. The molecule has 0 aliphatic rings. The Kier molecular flexibility index (Phi) is 3.19. The molecule has 1 heterocycles. The van der Waals surface area contributed by atoms with Gasteiger partial charge in [0.05, 0.1) is 17.3 Å². The molecule has 1 aromatic carbocycles. The first-order valence-corrected chi connectivity index (χ1v) is 5.41. The number of hydrogen-bond donors (Lipinski definition) is 2. The average molecular weight is 272 g/mol. The molecule has 19 heavy (non-hydrogen) atoms. The van der Waals surface area contributed by atoms with Gasteiger partial charge in [-0.3, -0.25) is 0 Å². The van der Waals surface area contributed by atoms with Gasteiger partial charge in [0.2, 0.25) is 0 Å². The lowest BCUT2D eigenvalue weighted by molar-refractivity contribution is -0.137. The minimum Gasteiger partial charge on any atom is -0.322 e. The van der Waals surface area contributed by atoms with Crippen LogP contribution in [0.15, 0.2) is 29.1 Å². The molecule has 0 amide bonds. The summed E-state index contributed by atoms with van der Waals surface area (Å²) in [5, 5.41) is 5.96. The molecule has 0 fully saturated rings. The lowest BCUT2D eigenvalue weighted by Crippen LogP contribution is -2.20. The maximum Gasteiger partial charge on any atom is 0.416 e. The van der Waals surface area contributed by atoms with Crippen molar-refractivity contribution in [3.05, 3.63) is 46.1 Å². The van der Waals surface area contributed by atoms with Crippen LogP contribution in [0.4, 0.5) is 13.2 Å². The summed E-state index contributed by atoms with van der Waals surface area (Å²) in [4.78, 5) is 11.6. The first-order chi connectivity index (χ1) is 8.80. The molecule has 0 radical (unpaired) electrons. The average Bonchev–Trinajstić information content (AvgIpc) is 2.70. The second kappa shape index (κ2) is 4.54. The van der Waals surface area contributed by atoms with E-state index in [1.165, 1.54) is 12.1 Å². The smallest absolute Gasteiger partial charge is 0.322 e. The fourth-order valence-electron chi connectivity index (χ4n) is 1.66. The monoisotopic (exact) mass is 272 g/mol. The van der Waals surface area contributed by atoms with Crippen LogP contribution in [0.5, 0.6) is 0 Å². The van der Waals surface area contributed by atoms with E-state index in [0.717, 1.165) is 16.7 Å². The van der Waals surface area contributed by atoms with Gasteiger partial charge in [-0.1, -0.05) is 0 Å². The van der Waals surface area contributed by atoms with Gasteiger partial charge in [0, 0.05) is 0 Å². The Morgan fingerprint density at radius 1 is 1.32 bits per heavy atom. The number of hydrogen-bond acceptors (Lipinski definition) is 3. The van der Waals surface area contributed by atoms with Gasteiger partial charge in [0.15, 0.2) is 5.82 Å². The van der Waals surface area contributed by atoms with Crippen LogP contribution in [0.2, 0.25) is 0 Å². The van der Waals surface area contributed by atoms with Gasteiger partial charge in [0.1, 0.15) is 0 Å². The number of H-pyrrole nitrogens is 1. The number of nitrogens with one attached hydrogen (secondary N) is 1. The van der Waals surface area contributed by atoms with Crippen molar-refractivity contribution in [2.75, 3.05) is 0 Å². The Morgan fingerprint density at radius 2 is 1.89 bits per heavy atom. The third kappa shape index (κ3) is 2.53. The predicted octanol–water partition coefficient (Wildman–Crippen LogP) is 1.60. The lowest BCUT2D eigenvalue weighted by Gasteiger charge is -2.10. The van der Waals surface area contributed by atoms with Crippen LogP contribution in [-0.2, 0) is 6.18 Å². The predicted molar refractivity (Wildman–Crippen MR) is 61.8 cm³/mol. The summed E-state index contributed by atoms with van der Waals surface area (Å²) in [5.74, 6) is 0.254. The molecule has 102 valence electrons. The van der Waals surface area contributed by atoms with Crippen molar-refractivity contribution in [2.45, 2.75) is 19.1 Å². The van der Waals surface area contributed by atoms with Crippen LogP contribution in [0.3, 0.4) is 0 Å². The van der Waals surface area contributed by atoms with E-state index in [1.54, 1.807) is 6.92 Å². The van der Waals surface area contributed by atoms with Crippen molar-refractivity contribution in [1.82, 2.24) is 14.8 Å². The number of halogens is 3. The Morgan fingerprint density at radius 3 is 2.37 bits per heavy atom. The molecule has 0 aliphatic heterocycles. The zero-order chi connectivity index (χ0) is 14.2. The highest BCUT2D eigenvalue weighted by atomic mass is 19.4. The molecule has 1 unspecified atom stereocenters. The molecule has 1 atom stereocenters. The van der Waals surface area contributed by atoms with E-state index < -0.39 is 23.5 Å². The molecular formula is C11H11F3N4O. The maximum atomic E-state index is 12.4. The quantitative estimate of drug-likeness (QED) is 0.871. The Bertz CT molecular complexity index is 625. The summed E-state index contributed by atoms with van der Waals surface area (Å²) < 4.78 is 38.5. The lowest BCUT2D eigenvalue weighted by atomic mass is 10.2. The Labute approximate surface area is 105 Å². The minimum absolute atomic E-state index is 0.254. The molecule has 1 aromatic heterocycles. The number of nitrogens with two attached hydrogens (primary N) is 1. The summed E-state index contributed by atoms with van der Waals surface area (Å²) >= 11 is 0. The summed E-state index contributed by atoms with van der Waals surface area (Å²) in [6.07, 6.45) is -4.41.